The molecule has 0 aromatic carbocycles. The van der Waals surface area contributed by atoms with E-state index in [1.165, 1.54) is 16.7 Å². The zero-order chi connectivity index (χ0) is 15.9. The van der Waals surface area contributed by atoms with E-state index in [2.05, 4.69) is 15.5 Å². The van der Waals surface area contributed by atoms with Gasteiger partial charge in [-0.2, -0.15) is 0 Å². The highest BCUT2D eigenvalue weighted by molar-refractivity contribution is 7.99. The van der Waals surface area contributed by atoms with E-state index in [-0.39, 0.29) is 24.1 Å². The first-order valence-corrected chi connectivity index (χ1v) is 8.11. The van der Waals surface area contributed by atoms with Gasteiger partial charge in [-0.05, 0) is 26.0 Å². The predicted octanol–water partition coefficient (Wildman–Crippen LogP) is 0.806. The largest absolute Gasteiger partial charge is 0.355 e. The van der Waals surface area contributed by atoms with Crippen molar-refractivity contribution in [2.45, 2.75) is 19.0 Å². The number of aromatic nitrogens is 3. The van der Waals surface area contributed by atoms with Crippen LogP contribution in [0.25, 0.3) is 5.65 Å². The number of amides is 2. The minimum Gasteiger partial charge on any atom is -0.355 e. The Morgan fingerprint density at radius 1 is 1.32 bits per heavy atom. The number of carbonyl (C=O) groups excluding carboxylic acids is 2. The van der Waals surface area contributed by atoms with Crippen LogP contribution in [0.15, 0.2) is 29.6 Å². The molecule has 0 atom stereocenters. The Balaban J connectivity index is 1.94. The Kier molecular flexibility index (Phi) is 5.76. The Bertz CT molecular complexity index is 657. The summed E-state index contributed by atoms with van der Waals surface area (Å²) in [5.74, 6) is -0.00907. The standard InChI is InChI=1S/C14H19N5O2S/c1-3-15-12(20)9-18(4-2)13(21)10-22-14-17-16-11-7-5-6-8-19(11)14/h5-8H,3-4,9-10H2,1-2H3,(H,15,20). The quantitative estimate of drug-likeness (QED) is 0.763. The van der Waals surface area contributed by atoms with Crippen molar-refractivity contribution in [1.82, 2.24) is 24.8 Å². The summed E-state index contributed by atoms with van der Waals surface area (Å²) < 4.78 is 1.83. The van der Waals surface area contributed by atoms with Gasteiger partial charge >= 0.3 is 0 Å². The summed E-state index contributed by atoms with van der Waals surface area (Å²) in [7, 11) is 0. The highest BCUT2D eigenvalue weighted by atomic mass is 32.2. The highest BCUT2D eigenvalue weighted by Crippen LogP contribution is 2.17. The molecule has 118 valence electrons. The van der Waals surface area contributed by atoms with Gasteiger partial charge < -0.3 is 10.2 Å². The van der Waals surface area contributed by atoms with Crippen molar-refractivity contribution in [3.63, 3.8) is 0 Å². The molecule has 22 heavy (non-hydrogen) atoms. The number of nitrogens with zero attached hydrogens (tertiary/aromatic N) is 4. The molecule has 0 radical (unpaired) electrons. The summed E-state index contributed by atoms with van der Waals surface area (Å²) in [6, 6.07) is 5.62. The molecule has 0 aliphatic heterocycles. The van der Waals surface area contributed by atoms with E-state index in [1.54, 1.807) is 0 Å². The molecule has 2 aromatic rings. The molecule has 0 fully saturated rings. The summed E-state index contributed by atoms with van der Waals surface area (Å²) in [4.78, 5) is 25.3. The second kappa shape index (κ2) is 7.79. The molecule has 0 saturated heterocycles. The minimum absolute atomic E-state index is 0.0876. The molecule has 0 aliphatic rings. The third-order valence-electron chi connectivity index (χ3n) is 3.05. The molecule has 2 aromatic heterocycles. The molecule has 0 saturated carbocycles. The van der Waals surface area contributed by atoms with Crippen molar-refractivity contribution >= 4 is 29.2 Å². The molecular formula is C14H19N5O2S. The van der Waals surface area contributed by atoms with Gasteiger partial charge in [-0.25, -0.2) is 0 Å². The lowest BCUT2D eigenvalue weighted by atomic mass is 10.4. The van der Waals surface area contributed by atoms with Gasteiger partial charge in [0.25, 0.3) is 0 Å². The number of fused-ring (bicyclic) bond motifs is 1. The summed E-state index contributed by atoms with van der Waals surface area (Å²) in [5.41, 5.74) is 0.743. The van der Waals surface area contributed by atoms with Crippen molar-refractivity contribution in [2.75, 3.05) is 25.4 Å². The topological polar surface area (TPSA) is 79.6 Å². The average Bonchev–Trinajstić information content (AvgIpc) is 2.94. The molecular weight excluding hydrogens is 302 g/mol. The third kappa shape index (κ3) is 3.97. The van der Waals surface area contributed by atoms with Crippen molar-refractivity contribution < 1.29 is 9.59 Å². The van der Waals surface area contributed by atoms with Crippen LogP contribution in [0.4, 0.5) is 0 Å². The van der Waals surface area contributed by atoms with Crippen LogP contribution in [-0.4, -0.2) is 56.7 Å². The van der Waals surface area contributed by atoms with E-state index in [4.69, 9.17) is 0 Å². The zero-order valence-electron chi connectivity index (χ0n) is 12.7. The molecule has 2 rings (SSSR count). The summed E-state index contributed by atoms with van der Waals surface area (Å²) in [6.07, 6.45) is 1.86. The fraction of sp³-hybridized carbons (Fsp3) is 0.429. The van der Waals surface area contributed by atoms with Crippen LogP contribution in [0.3, 0.4) is 0 Å². The number of hydrogen-bond acceptors (Lipinski definition) is 5. The number of nitrogens with one attached hydrogen (secondary N) is 1. The lowest BCUT2D eigenvalue weighted by Gasteiger charge is -2.19. The maximum Gasteiger partial charge on any atom is 0.239 e. The van der Waals surface area contributed by atoms with Gasteiger partial charge in [0.15, 0.2) is 10.8 Å². The SMILES string of the molecule is CCNC(=O)CN(CC)C(=O)CSc1nnc2ccccn12. The monoisotopic (exact) mass is 321 g/mol. The lowest BCUT2D eigenvalue weighted by molar-refractivity contribution is -0.133. The van der Waals surface area contributed by atoms with Crippen LogP contribution >= 0.6 is 11.8 Å². The van der Waals surface area contributed by atoms with Gasteiger partial charge in [0.2, 0.25) is 11.8 Å². The van der Waals surface area contributed by atoms with Crippen LogP contribution in [-0.2, 0) is 9.59 Å². The molecule has 0 aliphatic carbocycles. The Morgan fingerprint density at radius 3 is 2.86 bits per heavy atom. The van der Waals surface area contributed by atoms with Crippen LogP contribution in [0.1, 0.15) is 13.8 Å². The van der Waals surface area contributed by atoms with E-state index >= 15 is 0 Å². The Labute approximate surface area is 133 Å². The van der Waals surface area contributed by atoms with Gasteiger partial charge in [-0.15, -0.1) is 10.2 Å². The summed E-state index contributed by atoms with van der Waals surface area (Å²) in [6.45, 7) is 4.85. The van der Waals surface area contributed by atoms with Gasteiger partial charge in [0.05, 0.1) is 12.3 Å². The van der Waals surface area contributed by atoms with Gasteiger partial charge in [-0.3, -0.25) is 14.0 Å². The van der Waals surface area contributed by atoms with E-state index in [9.17, 15) is 9.59 Å². The van der Waals surface area contributed by atoms with Crippen molar-refractivity contribution in [1.29, 1.82) is 0 Å². The van der Waals surface area contributed by atoms with E-state index in [1.807, 2.05) is 42.6 Å². The van der Waals surface area contributed by atoms with Crippen molar-refractivity contribution in [2.24, 2.45) is 0 Å². The van der Waals surface area contributed by atoms with E-state index in [0.717, 1.165) is 5.65 Å². The van der Waals surface area contributed by atoms with Crippen LogP contribution in [0.5, 0.6) is 0 Å². The first-order chi connectivity index (χ1) is 10.7. The molecule has 0 unspecified atom stereocenters. The van der Waals surface area contributed by atoms with Crippen molar-refractivity contribution in [3.05, 3.63) is 24.4 Å². The number of hydrogen-bond donors (Lipinski definition) is 1. The molecule has 0 spiro atoms. The maximum atomic E-state index is 12.2. The van der Waals surface area contributed by atoms with Gasteiger partial charge in [-0.1, -0.05) is 17.8 Å². The zero-order valence-corrected chi connectivity index (χ0v) is 13.5. The molecule has 7 nitrogen and oxygen atoms in total. The van der Waals surface area contributed by atoms with Crippen LogP contribution in [0, 0.1) is 0 Å². The van der Waals surface area contributed by atoms with E-state index < -0.39 is 0 Å². The molecule has 8 heteroatoms. The summed E-state index contributed by atoms with van der Waals surface area (Å²) in [5, 5.41) is 11.5. The number of carbonyl (C=O) groups is 2. The lowest BCUT2D eigenvalue weighted by Crippen LogP contribution is -2.41. The first kappa shape index (κ1) is 16.3. The van der Waals surface area contributed by atoms with Gasteiger partial charge in [0.1, 0.15) is 0 Å². The highest BCUT2D eigenvalue weighted by Gasteiger charge is 2.16. The normalized spacial score (nSPS) is 10.6. The second-order valence-electron chi connectivity index (χ2n) is 4.56. The van der Waals surface area contributed by atoms with Crippen molar-refractivity contribution in [3.8, 4) is 0 Å². The van der Waals surface area contributed by atoms with E-state index in [0.29, 0.717) is 18.2 Å². The fourth-order valence-electron chi connectivity index (χ4n) is 1.94. The molecule has 2 amide bonds. The number of thioether (sulfide) groups is 1. The fourth-order valence-corrected chi connectivity index (χ4v) is 2.77. The molecule has 0 bridgehead atoms. The van der Waals surface area contributed by atoms with Crippen LogP contribution < -0.4 is 5.32 Å². The summed E-state index contributed by atoms with van der Waals surface area (Å²) >= 11 is 1.32. The first-order valence-electron chi connectivity index (χ1n) is 7.12. The number of pyridine rings is 1. The molecule has 2 heterocycles. The third-order valence-corrected chi connectivity index (χ3v) is 3.98. The Hall–Kier alpha value is -2.09. The number of rotatable bonds is 7. The van der Waals surface area contributed by atoms with Gasteiger partial charge in [0, 0.05) is 19.3 Å². The Morgan fingerprint density at radius 2 is 2.14 bits per heavy atom. The minimum atomic E-state index is -0.143. The maximum absolute atomic E-state index is 12.2. The molecule has 1 N–H and O–H groups in total. The predicted molar refractivity (Wildman–Crippen MR) is 84.6 cm³/mol. The number of likely N-dealkylation sites (N-methyl/N-ethyl adjacent to an activating group) is 2. The average molecular weight is 321 g/mol. The second-order valence-corrected chi connectivity index (χ2v) is 5.50. The smallest absolute Gasteiger partial charge is 0.239 e. The van der Waals surface area contributed by atoms with Crippen LogP contribution in [0.2, 0.25) is 0 Å².